The van der Waals surface area contributed by atoms with E-state index in [0.29, 0.717) is 11.5 Å². The minimum absolute atomic E-state index is 0.349. The molecule has 1 N–H and O–H groups in total. The van der Waals surface area contributed by atoms with Gasteiger partial charge in [-0.1, -0.05) is 39.0 Å². The summed E-state index contributed by atoms with van der Waals surface area (Å²) in [6.07, 6.45) is 3.59. The summed E-state index contributed by atoms with van der Waals surface area (Å²) in [5.41, 5.74) is 4.61. The first kappa shape index (κ1) is 16.2. The largest absolute Gasteiger partial charge is 0.314 e. The first-order valence-corrected chi connectivity index (χ1v) is 7.63. The van der Waals surface area contributed by atoms with Gasteiger partial charge < -0.3 is 5.32 Å². The van der Waals surface area contributed by atoms with E-state index in [-0.39, 0.29) is 0 Å². The lowest BCUT2D eigenvalue weighted by atomic mass is 9.80. The van der Waals surface area contributed by atoms with Crippen molar-refractivity contribution in [2.45, 2.75) is 66.8 Å². The Hall–Kier alpha value is -0.820. The molecule has 1 heteroatoms. The van der Waals surface area contributed by atoms with E-state index in [4.69, 9.17) is 0 Å². The summed E-state index contributed by atoms with van der Waals surface area (Å²) in [5.74, 6) is 0. The molecule has 1 nitrogen and oxygen atoms in total. The van der Waals surface area contributed by atoms with Crippen LogP contribution in [-0.4, -0.2) is 12.6 Å². The fourth-order valence-corrected chi connectivity index (χ4v) is 2.83. The first-order valence-electron chi connectivity index (χ1n) is 7.63. The SMILES string of the molecule is CCCNC(C)CC(C)(C)Cc1ccc(C)c(C)c1. The second-order valence-corrected chi connectivity index (χ2v) is 6.82. The maximum Gasteiger partial charge on any atom is 0.00439 e. The van der Waals surface area contributed by atoms with Gasteiger partial charge in [0.15, 0.2) is 0 Å². The van der Waals surface area contributed by atoms with Crippen LogP contribution < -0.4 is 5.32 Å². The molecular formula is C18H31N. The predicted octanol–water partition coefficient (Wildman–Crippen LogP) is 4.65. The van der Waals surface area contributed by atoms with Crippen LogP contribution in [0.4, 0.5) is 0 Å². The summed E-state index contributed by atoms with van der Waals surface area (Å²) in [7, 11) is 0. The van der Waals surface area contributed by atoms with Gasteiger partial charge >= 0.3 is 0 Å². The molecule has 0 saturated carbocycles. The number of hydrogen-bond donors (Lipinski definition) is 1. The zero-order valence-electron chi connectivity index (χ0n) is 13.6. The summed E-state index contributed by atoms with van der Waals surface area (Å²) in [4.78, 5) is 0. The first-order chi connectivity index (χ1) is 8.84. The highest BCUT2D eigenvalue weighted by Crippen LogP contribution is 2.28. The van der Waals surface area contributed by atoms with Gasteiger partial charge in [-0.05, 0) is 68.7 Å². The van der Waals surface area contributed by atoms with E-state index in [1.807, 2.05) is 0 Å². The molecule has 1 aromatic rings. The Labute approximate surface area is 119 Å². The third kappa shape index (κ3) is 5.78. The van der Waals surface area contributed by atoms with Crippen molar-refractivity contribution in [2.24, 2.45) is 5.41 Å². The van der Waals surface area contributed by atoms with Gasteiger partial charge in [0.25, 0.3) is 0 Å². The number of rotatable bonds is 7. The second kappa shape index (κ2) is 7.09. The molecule has 0 aliphatic rings. The van der Waals surface area contributed by atoms with Crippen LogP contribution in [0, 0.1) is 19.3 Å². The zero-order valence-corrected chi connectivity index (χ0v) is 13.6. The lowest BCUT2D eigenvalue weighted by molar-refractivity contribution is 0.287. The van der Waals surface area contributed by atoms with E-state index in [9.17, 15) is 0 Å². The molecule has 1 atom stereocenters. The minimum atomic E-state index is 0.349. The molecule has 1 aromatic carbocycles. The molecule has 0 radical (unpaired) electrons. The van der Waals surface area contributed by atoms with Crippen LogP contribution in [-0.2, 0) is 6.42 Å². The van der Waals surface area contributed by atoms with Crippen LogP contribution >= 0.6 is 0 Å². The predicted molar refractivity (Wildman–Crippen MR) is 85.8 cm³/mol. The molecule has 0 spiro atoms. The number of hydrogen-bond acceptors (Lipinski definition) is 1. The maximum absolute atomic E-state index is 3.59. The number of nitrogens with one attached hydrogen (secondary N) is 1. The van der Waals surface area contributed by atoms with Gasteiger partial charge in [0.2, 0.25) is 0 Å². The average Bonchev–Trinajstić information content (AvgIpc) is 2.30. The Bertz CT molecular complexity index is 393. The van der Waals surface area contributed by atoms with Crippen molar-refractivity contribution in [1.82, 2.24) is 5.32 Å². The van der Waals surface area contributed by atoms with Crippen molar-refractivity contribution >= 4 is 0 Å². The van der Waals surface area contributed by atoms with Crippen molar-refractivity contribution in [3.8, 4) is 0 Å². The molecular weight excluding hydrogens is 230 g/mol. The van der Waals surface area contributed by atoms with Crippen molar-refractivity contribution in [3.63, 3.8) is 0 Å². The Morgan fingerprint density at radius 1 is 1.16 bits per heavy atom. The summed E-state index contributed by atoms with van der Waals surface area (Å²) in [6.45, 7) is 14.8. The molecule has 0 saturated heterocycles. The summed E-state index contributed by atoms with van der Waals surface area (Å²) >= 11 is 0. The van der Waals surface area contributed by atoms with Crippen LogP contribution in [0.3, 0.4) is 0 Å². The zero-order chi connectivity index (χ0) is 14.5. The van der Waals surface area contributed by atoms with Crippen LogP contribution in [0.1, 0.15) is 57.2 Å². The van der Waals surface area contributed by atoms with E-state index in [1.165, 1.54) is 29.5 Å². The normalized spacial score (nSPS) is 13.6. The van der Waals surface area contributed by atoms with Crippen molar-refractivity contribution in [1.29, 1.82) is 0 Å². The summed E-state index contributed by atoms with van der Waals surface area (Å²) in [5, 5.41) is 3.59. The fourth-order valence-electron chi connectivity index (χ4n) is 2.83. The molecule has 1 rings (SSSR count). The lowest BCUT2D eigenvalue weighted by Crippen LogP contribution is -2.32. The monoisotopic (exact) mass is 261 g/mol. The maximum atomic E-state index is 3.59. The highest BCUT2D eigenvalue weighted by Gasteiger charge is 2.21. The van der Waals surface area contributed by atoms with Gasteiger partial charge in [-0.2, -0.15) is 0 Å². The highest BCUT2D eigenvalue weighted by molar-refractivity contribution is 5.30. The van der Waals surface area contributed by atoms with Gasteiger partial charge in [0, 0.05) is 6.04 Å². The van der Waals surface area contributed by atoms with Gasteiger partial charge in [-0.25, -0.2) is 0 Å². The van der Waals surface area contributed by atoms with Gasteiger partial charge in [-0.3, -0.25) is 0 Å². The van der Waals surface area contributed by atoms with Crippen LogP contribution in [0.5, 0.6) is 0 Å². The van der Waals surface area contributed by atoms with E-state index in [0.717, 1.165) is 13.0 Å². The average molecular weight is 261 g/mol. The van der Waals surface area contributed by atoms with Crippen molar-refractivity contribution < 1.29 is 0 Å². The molecule has 0 heterocycles. The smallest absolute Gasteiger partial charge is 0.00439 e. The van der Waals surface area contributed by atoms with Gasteiger partial charge in [-0.15, -0.1) is 0 Å². The van der Waals surface area contributed by atoms with E-state index >= 15 is 0 Å². The molecule has 0 aromatic heterocycles. The summed E-state index contributed by atoms with van der Waals surface area (Å²) in [6, 6.07) is 7.48. The van der Waals surface area contributed by atoms with E-state index in [1.54, 1.807) is 0 Å². The minimum Gasteiger partial charge on any atom is -0.314 e. The summed E-state index contributed by atoms with van der Waals surface area (Å²) < 4.78 is 0. The molecule has 0 fully saturated rings. The topological polar surface area (TPSA) is 12.0 Å². The molecule has 108 valence electrons. The molecule has 0 amide bonds. The van der Waals surface area contributed by atoms with Crippen LogP contribution in [0.25, 0.3) is 0 Å². The Morgan fingerprint density at radius 3 is 2.42 bits per heavy atom. The molecule has 19 heavy (non-hydrogen) atoms. The second-order valence-electron chi connectivity index (χ2n) is 6.82. The Balaban J connectivity index is 2.60. The van der Waals surface area contributed by atoms with Crippen molar-refractivity contribution in [2.75, 3.05) is 6.54 Å². The standard InChI is InChI=1S/C18H31N/c1-7-10-19-16(4)12-18(5,6)13-17-9-8-14(2)15(3)11-17/h8-9,11,16,19H,7,10,12-13H2,1-6H3. The Kier molecular flexibility index (Phi) is 6.06. The number of aryl methyl sites for hydroxylation is 2. The van der Waals surface area contributed by atoms with Crippen LogP contribution in [0.2, 0.25) is 0 Å². The van der Waals surface area contributed by atoms with Crippen LogP contribution in [0.15, 0.2) is 18.2 Å². The van der Waals surface area contributed by atoms with Gasteiger partial charge in [0.1, 0.15) is 0 Å². The fraction of sp³-hybridized carbons (Fsp3) is 0.667. The quantitative estimate of drug-likeness (QED) is 0.753. The third-order valence-electron chi connectivity index (χ3n) is 3.86. The molecule has 0 aliphatic carbocycles. The Morgan fingerprint density at radius 2 is 1.84 bits per heavy atom. The highest BCUT2D eigenvalue weighted by atomic mass is 14.9. The van der Waals surface area contributed by atoms with E-state index in [2.05, 4.69) is 65.1 Å². The number of benzene rings is 1. The lowest BCUT2D eigenvalue weighted by Gasteiger charge is -2.29. The van der Waals surface area contributed by atoms with Gasteiger partial charge in [0.05, 0.1) is 0 Å². The third-order valence-corrected chi connectivity index (χ3v) is 3.86. The molecule has 0 aliphatic heterocycles. The van der Waals surface area contributed by atoms with E-state index < -0.39 is 0 Å². The van der Waals surface area contributed by atoms with Crippen molar-refractivity contribution in [3.05, 3.63) is 34.9 Å². The molecule has 1 unspecified atom stereocenters. The molecule has 0 bridgehead atoms.